The number of hydrogen-bond acceptors (Lipinski definition) is 9. The monoisotopic (exact) mass is 851 g/mol. The summed E-state index contributed by atoms with van der Waals surface area (Å²) in [6.07, 6.45) is 6.34. The summed E-state index contributed by atoms with van der Waals surface area (Å²) in [7, 11) is -0.0914. The SMILES string of the molecule is CCN(C1CCC(C(=O)O)CC1)S(=O)(=O)c1cccc(C(=O)Nc2ccc(N3CCCCC3)nc2C(=O)Nc2ccc(CCc3ccc(C(=O)NCCN(C)C)cc3)cc2)c1. The Balaban J connectivity index is 1.13. The third-order valence-electron chi connectivity index (χ3n) is 11.5. The molecule has 0 spiro atoms. The standard InChI is InChI=1S/C46H57N7O7S/c1-4-53(38-23-19-35(20-24-38)46(57)58)61(59,60)39-10-8-9-36(31-39)44(55)49-40-25-26-41(52-28-6-5-7-29-52)50-42(40)45(56)48-37-21-15-33(16-22-37)12-11-32-13-17-34(18-14-32)43(54)47-27-30-51(2)3/h8-10,13-18,21-22,25-26,31,35,38H,4-7,11-12,19-20,23-24,27-30H2,1-3H3,(H,47,54)(H,48,56)(H,49,55)(H,57,58). The summed E-state index contributed by atoms with van der Waals surface area (Å²) in [6, 6.07) is 24.1. The maximum Gasteiger partial charge on any atom is 0.306 e. The summed E-state index contributed by atoms with van der Waals surface area (Å²) >= 11 is 0. The van der Waals surface area contributed by atoms with E-state index in [0.29, 0.717) is 49.3 Å². The smallest absolute Gasteiger partial charge is 0.306 e. The van der Waals surface area contributed by atoms with E-state index in [9.17, 15) is 32.7 Å². The Morgan fingerprint density at radius 3 is 2.05 bits per heavy atom. The quantitative estimate of drug-likeness (QED) is 0.0941. The molecular formula is C46H57N7O7S. The number of hydrogen-bond donors (Lipinski definition) is 4. The lowest BCUT2D eigenvalue weighted by Crippen LogP contribution is -2.42. The van der Waals surface area contributed by atoms with E-state index in [2.05, 4.69) is 20.9 Å². The fraction of sp³-hybridized carbons (Fsp3) is 0.413. The van der Waals surface area contributed by atoms with Gasteiger partial charge in [0.25, 0.3) is 17.7 Å². The molecule has 4 aromatic rings. The Labute approximate surface area is 358 Å². The second-order valence-electron chi connectivity index (χ2n) is 16.1. The van der Waals surface area contributed by atoms with Crippen LogP contribution in [-0.2, 0) is 27.7 Å². The van der Waals surface area contributed by atoms with Crippen molar-refractivity contribution in [1.82, 2.24) is 19.5 Å². The highest BCUT2D eigenvalue weighted by Gasteiger charge is 2.35. The van der Waals surface area contributed by atoms with Gasteiger partial charge in [-0.1, -0.05) is 37.3 Å². The number of aryl methyl sites for hydroxylation is 2. The first-order valence-corrected chi connectivity index (χ1v) is 22.6. The van der Waals surface area contributed by atoms with Gasteiger partial charge < -0.3 is 30.9 Å². The van der Waals surface area contributed by atoms with Crippen LogP contribution in [0.4, 0.5) is 17.2 Å². The first-order valence-electron chi connectivity index (χ1n) is 21.2. The van der Waals surface area contributed by atoms with E-state index in [1.807, 2.05) is 67.5 Å². The molecule has 1 aromatic heterocycles. The van der Waals surface area contributed by atoms with Crippen LogP contribution in [0.1, 0.15) is 94.2 Å². The maximum absolute atomic E-state index is 14.0. The molecule has 6 rings (SSSR count). The van der Waals surface area contributed by atoms with Crippen LogP contribution in [0.3, 0.4) is 0 Å². The zero-order valence-electron chi connectivity index (χ0n) is 35.2. The van der Waals surface area contributed by atoms with Crippen LogP contribution >= 0.6 is 0 Å². The number of anilines is 3. The molecule has 4 N–H and O–H groups in total. The molecular weight excluding hydrogens is 795 g/mol. The van der Waals surface area contributed by atoms with Gasteiger partial charge in [-0.2, -0.15) is 4.31 Å². The average molecular weight is 852 g/mol. The number of benzene rings is 3. The van der Waals surface area contributed by atoms with Gasteiger partial charge in [0.1, 0.15) is 5.82 Å². The largest absolute Gasteiger partial charge is 0.481 e. The summed E-state index contributed by atoms with van der Waals surface area (Å²) in [4.78, 5) is 60.5. The van der Waals surface area contributed by atoms with Crippen LogP contribution < -0.4 is 20.9 Å². The van der Waals surface area contributed by atoms with Crippen molar-refractivity contribution in [3.8, 4) is 0 Å². The number of nitrogens with one attached hydrogen (secondary N) is 3. The molecule has 3 aromatic carbocycles. The number of carboxylic acids is 1. The van der Waals surface area contributed by atoms with Crippen molar-refractivity contribution in [3.63, 3.8) is 0 Å². The topological polar surface area (TPSA) is 181 Å². The van der Waals surface area contributed by atoms with E-state index in [-0.39, 0.29) is 40.3 Å². The highest BCUT2D eigenvalue weighted by Crippen LogP contribution is 2.32. The van der Waals surface area contributed by atoms with Crippen molar-refractivity contribution in [3.05, 3.63) is 113 Å². The molecule has 0 radical (unpaired) electrons. The van der Waals surface area contributed by atoms with E-state index in [4.69, 9.17) is 4.98 Å². The van der Waals surface area contributed by atoms with Crippen molar-refractivity contribution in [2.75, 3.05) is 62.4 Å². The van der Waals surface area contributed by atoms with Gasteiger partial charge in [0.15, 0.2) is 5.69 Å². The molecule has 2 heterocycles. The number of sulfonamides is 1. The Kier molecular flexibility index (Phi) is 15.3. The number of pyridine rings is 1. The highest BCUT2D eigenvalue weighted by molar-refractivity contribution is 7.89. The summed E-state index contributed by atoms with van der Waals surface area (Å²) in [5, 5.41) is 18.1. The van der Waals surface area contributed by atoms with Crippen molar-refractivity contribution < 1.29 is 32.7 Å². The van der Waals surface area contributed by atoms with E-state index >= 15 is 0 Å². The lowest BCUT2D eigenvalue weighted by atomic mass is 9.86. The molecule has 0 bridgehead atoms. The third-order valence-corrected chi connectivity index (χ3v) is 13.5. The first-order chi connectivity index (χ1) is 29.3. The summed E-state index contributed by atoms with van der Waals surface area (Å²) < 4.78 is 29.2. The minimum Gasteiger partial charge on any atom is -0.481 e. The van der Waals surface area contributed by atoms with Crippen molar-refractivity contribution in [2.45, 2.75) is 75.6 Å². The van der Waals surface area contributed by atoms with Gasteiger partial charge >= 0.3 is 5.97 Å². The number of rotatable bonds is 17. The first kappa shape index (κ1) is 44.9. The van der Waals surface area contributed by atoms with Gasteiger partial charge in [0.05, 0.1) is 16.5 Å². The van der Waals surface area contributed by atoms with Crippen LogP contribution in [0.2, 0.25) is 0 Å². The Bertz CT molecular complexity index is 2270. The molecule has 1 aliphatic carbocycles. The molecule has 0 atom stereocenters. The molecule has 1 saturated heterocycles. The summed E-state index contributed by atoms with van der Waals surface area (Å²) in [5.74, 6) is -1.93. The molecule has 1 aliphatic heterocycles. The summed E-state index contributed by atoms with van der Waals surface area (Å²) in [5.41, 5.74) is 3.63. The highest BCUT2D eigenvalue weighted by atomic mass is 32.2. The predicted octanol–water partition coefficient (Wildman–Crippen LogP) is 6.31. The van der Waals surface area contributed by atoms with Crippen molar-refractivity contribution in [2.24, 2.45) is 5.92 Å². The molecule has 61 heavy (non-hydrogen) atoms. The minimum absolute atomic E-state index is 0.0215. The zero-order chi connectivity index (χ0) is 43.5. The number of carbonyl (C=O) groups excluding carboxylic acids is 3. The number of carbonyl (C=O) groups is 4. The average Bonchev–Trinajstić information content (AvgIpc) is 3.27. The van der Waals surface area contributed by atoms with E-state index < -0.39 is 33.7 Å². The van der Waals surface area contributed by atoms with Crippen LogP contribution in [0.5, 0.6) is 0 Å². The molecule has 324 valence electrons. The minimum atomic E-state index is -4.01. The third kappa shape index (κ3) is 11.8. The molecule has 3 amide bonds. The maximum atomic E-state index is 14.0. The number of carboxylic acid groups (broad SMARTS) is 1. The Hall–Kier alpha value is -5.64. The van der Waals surface area contributed by atoms with Crippen LogP contribution in [0.25, 0.3) is 0 Å². The predicted molar refractivity (Wildman–Crippen MR) is 237 cm³/mol. The van der Waals surface area contributed by atoms with Crippen LogP contribution in [0, 0.1) is 5.92 Å². The number of aliphatic carboxylic acids is 1. The van der Waals surface area contributed by atoms with E-state index in [1.165, 1.54) is 28.6 Å². The second kappa shape index (κ2) is 20.8. The van der Waals surface area contributed by atoms with Gasteiger partial charge in [-0.15, -0.1) is 0 Å². The van der Waals surface area contributed by atoms with E-state index in [0.717, 1.165) is 62.9 Å². The van der Waals surface area contributed by atoms with Crippen molar-refractivity contribution in [1.29, 1.82) is 0 Å². The molecule has 1 saturated carbocycles. The van der Waals surface area contributed by atoms with Gasteiger partial charge in [-0.05, 0) is 138 Å². The molecule has 14 nitrogen and oxygen atoms in total. The lowest BCUT2D eigenvalue weighted by Gasteiger charge is -2.34. The lowest BCUT2D eigenvalue weighted by molar-refractivity contribution is -0.143. The second-order valence-corrected chi connectivity index (χ2v) is 17.9. The molecule has 15 heteroatoms. The fourth-order valence-corrected chi connectivity index (χ4v) is 9.68. The van der Waals surface area contributed by atoms with Gasteiger partial charge in [-0.3, -0.25) is 19.2 Å². The fourth-order valence-electron chi connectivity index (χ4n) is 7.94. The number of likely N-dealkylation sites (N-methyl/N-ethyl adjacent to an activating group) is 1. The van der Waals surface area contributed by atoms with Crippen molar-refractivity contribution >= 4 is 50.9 Å². The number of piperidine rings is 1. The molecule has 2 aliphatic rings. The number of amides is 3. The normalized spacial score (nSPS) is 16.9. The Morgan fingerprint density at radius 1 is 0.770 bits per heavy atom. The zero-order valence-corrected chi connectivity index (χ0v) is 36.0. The van der Waals surface area contributed by atoms with Crippen LogP contribution in [0.15, 0.2) is 89.8 Å². The molecule has 2 fully saturated rings. The van der Waals surface area contributed by atoms with E-state index in [1.54, 1.807) is 19.1 Å². The molecule has 0 unspecified atom stereocenters. The van der Waals surface area contributed by atoms with Gasteiger partial charge in [-0.25, -0.2) is 13.4 Å². The summed E-state index contributed by atoms with van der Waals surface area (Å²) in [6.45, 7) is 4.90. The number of nitrogens with zero attached hydrogens (tertiary/aromatic N) is 4. The van der Waals surface area contributed by atoms with Crippen LogP contribution in [-0.4, -0.2) is 104 Å². The number of aromatic nitrogens is 1. The Morgan fingerprint density at radius 2 is 1.43 bits per heavy atom. The van der Waals surface area contributed by atoms with Gasteiger partial charge in [0.2, 0.25) is 10.0 Å². The van der Waals surface area contributed by atoms with Gasteiger partial charge in [0, 0.05) is 55.6 Å².